The van der Waals surface area contributed by atoms with E-state index in [0.29, 0.717) is 17.3 Å². The summed E-state index contributed by atoms with van der Waals surface area (Å²) in [5.41, 5.74) is 3.21. The Morgan fingerprint density at radius 2 is 2.00 bits per heavy atom. The molecule has 1 aromatic heterocycles. The third kappa shape index (κ3) is 2.31. The zero-order chi connectivity index (χ0) is 14.2. The fourth-order valence-electron chi connectivity index (χ4n) is 2.22. The largest absolute Gasteiger partial charge is 0.496 e. The minimum atomic E-state index is -1.03. The molecule has 2 aromatic rings. The monoisotopic (exact) mass is 260 g/mol. The van der Waals surface area contributed by atoms with Gasteiger partial charge in [0.2, 0.25) is 0 Å². The second-order valence-corrected chi connectivity index (χ2v) is 4.51. The summed E-state index contributed by atoms with van der Waals surface area (Å²) in [4.78, 5) is 18.3. The third-order valence-electron chi connectivity index (χ3n) is 2.94. The van der Waals surface area contributed by atoms with Crippen molar-refractivity contribution in [2.24, 2.45) is 0 Å². The lowest BCUT2D eigenvalue weighted by Gasteiger charge is -2.11. The van der Waals surface area contributed by atoms with Crippen LogP contribution < -0.4 is 4.74 Å². The lowest BCUT2D eigenvalue weighted by molar-refractivity contribution is 0.0692. The molecule has 2 N–H and O–H groups in total. The quantitative estimate of drug-likeness (QED) is 0.889. The highest BCUT2D eigenvalue weighted by Crippen LogP contribution is 2.35. The number of aromatic nitrogens is 2. The molecule has 0 fully saturated rings. The lowest BCUT2D eigenvalue weighted by Crippen LogP contribution is -2.01. The maximum atomic E-state index is 11.3. The molecule has 1 aromatic carbocycles. The number of nitrogens with zero attached hydrogens (tertiary/aromatic N) is 1. The van der Waals surface area contributed by atoms with Gasteiger partial charge < -0.3 is 14.8 Å². The number of aryl methyl sites for hydroxylation is 3. The van der Waals surface area contributed by atoms with Crippen LogP contribution in [0.25, 0.3) is 11.3 Å². The van der Waals surface area contributed by atoms with Gasteiger partial charge in [-0.05, 0) is 38.0 Å². The van der Waals surface area contributed by atoms with Crippen LogP contribution in [0.15, 0.2) is 12.1 Å². The molecule has 0 aliphatic heterocycles. The highest BCUT2D eigenvalue weighted by Gasteiger charge is 2.21. The first-order chi connectivity index (χ1) is 8.93. The predicted octanol–water partition coefficient (Wildman–Crippen LogP) is 2.71. The summed E-state index contributed by atoms with van der Waals surface area (Å²) in [6, 6.07) is 3.85. The first-order valence-electron chi connectivity index (χ1n) is 5.89. The second kappa shape index (κ2) is 4.76. The van der Waals surface area contributed by atoms with Crippen molar-refractivity contribution in [3.05, 3.63) is 34.8 Å². The number of imidazole rings is 1. The fraction of sp³-hybridized carbons (Fsp3) is 0.286. The number of benzene rings is 1. The van der Waals surface area contributed by atoms with Gasteiger partial charge in [0.25, 0.3) is 0 Å². The third-order valence-corrected chi connectivity index (χ3v) is 2.94. The van der Waals surface area contributed by atoms with Crippen LogP contribution in [0.2, 0.25) is 0 Å². The molecule has 5 nitrogen and oxygen atoms in total. The standard InChI is InChI=1S/C14H16N2O3/c1-7-5-8(2)11(10(6-7)19-4)12-13(14(17)18)16-9(3)15-12/h5-6H,1-4H3,(H,15,16)(H,17,18). The van der Waals surface area contributed by atoms with Crippen molar-refractivity contribution < 1.29 is 14.6 Å². The molecule has 0 saturated heterocycles. The Labute approximate surface area is 111 Å². The van der Waals surface area contributed by atoms with Gasteiger partial charge in [0.15, 0.2) is 5.69 Å². The molecule has 19 heavy (non-hydrogen) atoms. The van der Waals surface area contributed by atoms with Crippen LogP contribution in [0.3, 0.4) is 0 Å². The predicted molar refractivity (Wildman–Crippen MR) is 71.7 cm³/mol. The first-order valence-corrected chi connectivity index (χ1v) is 5.89. The number of hydrogen-bond donors (Lipinski definition) is 2. The van der Waals surface area contributed by atoms with Crippen LogP contribution in [0.5, 0.6) is 5.75 Å². The van der Waals surface area contributed by atoms with E-state index in [2.05, 4.69) is 9.97 Å². The Bertz CT molecular complexity index is 644. The number of rotatable bonds is 3. The van der Waals surface area contributed by atoms with Crippen molar-refractivity contribution in [1.29, 1.82) is 0 Å². The Kier molecular flexibility index (Phi) is 3.29. The van der Waals surface area contributed by atoms with Gasteiger partial charge in [0.1, 0.15) is 17.3 Å². The molecule has 0 aliphatic rings. The Morgan fingerprint density at radius 3 is 2.58 bits per heavy atom. The molecular formula is C14H16N2O3. The van der Waals surface area contributed by atoms with E-state index in [4.69, 9.17) is 4.74 Å². The Hall–Kier alpha value is -2.30. The molecule has 0 unspecified atom stereocenters. The summed E-state index contributed by atoms with van der Waals surface area (Å²) >= 11 is 0. The van der Waals surface area contributed by atoms with E-state index in [0.717, 1.165) is 16.7 Å². The van der Waals surface area contributed by atoms with E-state index in [1.165, 1.54) is 0 Å². The first kappa shape index (κ1) is 13.1. The zero-order valence-electron chi connectivity index (χ0n) is 11.4. The molecule has 5 heteroatoms. The van der Waals surface area contributed by atoms with Crippen LogP contribution in [-0.4, -0.2) is 28.2 Å². The van der Waals surface area contributed by atoms with Crippen LogP contribution >= 0.6 is 0 Å². The van der Waals surface area contributed by atoms with Crippen LogP contribution in [0.1, 0.15) is 27.4 Å². The van der Waals surface area contributed by atoms with Gasteiger partial charge in [-0.3, -0.25) is 0 Å². The normalized spacial score (nSPS) is 10.5. The van der Waals surface area contributed by atoms with Crippen molar-refractivity contribution in [3.8, 4) is 17.0 Å². The number of carbonyl (C=O) groups is 1. The molecule has 0 bridgehead atoms. The average molecular weight is 260 g/mol. The van der Waals surface area contributed by atoms with E-state index in [1.54, 1.807) is 14.0 Å². The fourth-order valence-corrected chi connectivity index (χ4v) is 2.22. The second-order valence-electron chi connectivity index (χ2n) is 4.51. The van der Waals surface area contributed by atoms with Gasteiger partial charge in [-0.25, -0.2) is 9.78 Å². The van der Waals surface area contributed by atoms with E-state index < -0.39 is 5.97 Å². The van der Waals surface area contributed by atoms with Crippen molar-refractivity contribution in [1.82, 2.24) is 9.97 Å². The molecule has 0 amide bonds. The SMILES string of the molecule is COc1cc(C)cc(C)c1-c1nc(C)[nH]c1C(=O)O. The summed E-state index contributed by atoms with van der Waals surface area (Å²) < 4.78 is 5.36. The van der Waals surface area contributed by atoms with Gasteiger partial charge in [-0.2, -0.15) is 0 Å². The lowest BCUT2D eigenvalue weighted by atomic mass is 10.0. The van der Waals surface area contributed by atoms with Gasteiger partial charge in [0, 0.05) is 5.56 Å². The minimum Gasteiger partial charge on any atom is -0.496 e. The summed E-state index contributed by atoms with van der Waals surface area (Å²) in [5, 5.41) is 9.24. The van der Waals surface area contributed by atoms with Crippen LogP contribution in [-0.2, 0) is 0 Å². The van der Waals surface area contributed by atoms with Crippen LogP contribution in [0, 0.1) is 20.8 Å². The smallest absolute Gasteiger partial charge is 0.354 e. The van der Waals surface area contributed by atoms with Crippen molar-refractivity contribution in [2.45, 2.75) is 20.8 Å². The van der Waals surface area contributed by atoms with Gasteiger partial charge in [-0.1, -0.05) is 6.07 Å². The Morgan fingerprint density at radius 1 is 1.32 bits per heavy atom. The molecule has 0 aliphatic carbocycles. The maximum Gasteiger partial charge on any atom is 0.354 e. The number of carboxylic acid groups (broad SMARTS) is 1. The molecule has 0 atom stereocenters. The van der Waals surface area contributed by atoms with Gasteiger partial charge in [0.05, 0.1) is 7.11 Å². The van der Waals surface area contributed by atoms with E-state index in [1.807, 2.05) is 26.0 Å². The summed E-state index contributed by atoms with van der Waals surface area (Å²) in [6.45, 7) is 5.61. The highest BCUT2D eigenvalue weighted by atomic mass is 16.5. The molecule has 0 radical (unpaired) electrons. The topological polar surface area (TPSA) is 75.2 Å². The average Bonchev–Trinajstić information content (AvgIpc) is 2.70. The number of H-pyrrole nitrogens is 1. The molecule has 0 spiro atoms. The molecule has 1 heterocycles. The number of ether oxygens (including phenoxy) is 1. The number of carboxylic acids is 1. The number of nitrogens with one attached hydrogen (secondary N) is 1. The zero-order valence-corrected chi connectivity index (χ0v) is 11.4. The number of methoxy groups -OCH3 is 1. The molecule has 2 rings (SSSR count). The van der Waals surface area contributed by atoms with Crippen molar-refractivity contribution in [3.63, 3.8) is 0 Å². The van der Waals surface area contributed by atoms with Gasteiger partial charge >= 0.3 is 5.97 Å². The van der Waals surface area contributed by atoms with Crippen molar-refractivity contribution in [2.75, 3.05) is 7.11 Å². The van der Waals surface area contributed by atoms with E-state index in [9.17, 15) is 9.90 Å². The van der Waals surface area contributed by atoms with Gasteiger partial charge in [-0.15, -0.1) is 0 Å². The van der Waals surface area contributed by atoms with Crippen molar-refractivity contribution >= 4 is 5.97 Å². The summed E-state index contributed by atoms with van der Waals surface area (Å²) in [5.74, 6) is 0.165. The maximum absolute atomic E-state index is 11.3. The van der Waals surface area contributed by atoms with Crippen LogP contribution in [0.4, 0.5) is 0 Å². The highest BCUT2D eigenvalue weighted by molar-refractivity contribution is 5.94. The number of aromatic carboxylic acids is 1. The van der Waals surface area contributed by atoms with E-state index in [-0.39, 0.29) is 5.69 Å². The Balaban J connectivity index is 2.75. The number of aromatic amines is 1. The molecule has 0 saturated carbocycles. The summed E-state index contributed by atoms with van der Waals surface area (Å²) in [6.07, 6.45) is 0. The minimum absolute atomic E-state index is 0.0859. The molecule has 100 valence electrons. The van der Waals surface area contributed by atoms with E-state index >= 15 is 0 Å². The molecular weight excluding hydrogens is 244 g/mol. The number of hydrogen-bond acceptors (Lipinski definition) is 3. The summed E-state index contributed by atoms with van der Waals surface area (Å²) in [7, 11) is 1.57.